The topological polar surface area (TPSA) is 70.6 Å². The van der Waals surface area contributed by atoms with Crippen LogP contribution in [0.15, 0.2) is 53.6 Å². The number of sulfonamides is 1. The minimum atomic E-state index is -4.34. The molecule has 0 unspecified atom stereocenters. The number of benzene rings is 2. The Labute approximate surface area is 176 Å². The zero-order chi connectivity index (χ0) is 22.5. The molecule has 0 atom stereocenters. The van der Waals surface area contributed by atoms with Crippen LogP contribution in [-0.4, -0.2) is 19.4 Å². The summed E-state index contributed by atoms with van der Waals surface area (Å²) in [6.07, 6.45) is 1.26. The van der Waals surface area contributed by atoms with E-state index >= 15 is 0 Å². The van der Waals surface area contributed by atoms with Crippen molar-refractivity contribution in [3.8, 4) is 0 Å². The highest BCUT2D eigenvalue weighted by Gasteiger charge is 2.44. The predicted octanol–water partition coefficient (Wildman–Crippen LogP) is 4.45. The summed E-state index contributed by atoms with van der Waals surface area (Å²) >= 11 is 0. The first kappa shape index (κ1) is 20.9. The van der Waals surface area contributed by atoms with Crippen molar-refractivity contribution in [1.29, 1.82) is 0 Å². The smallest absolute Gasteiger partial charge is 0.271 e. The van der Waals surface area contributed by atoms with Crippen LogP contribution in [0.25, 0.3) is 0 Å². The molecule has 2 heterocycles. The van der Waals surface area contributed by atoms with Crippen LogP contribution in [0.5, 0.6) is 0 Å². The van der Waals surface area contributed by atoms with Crippen LogP contribution < -0.4 is 9.21 Å². The van der Waals surface area contributed by atoms with E-state index in [2.05, 4.69) is 4.98 Å². The maximum atomic E-state index is 14.3. The van der Waals surface area contributed by atoms with Gasteiger partial charge in [0.2, 0.25) is 0 Å². The molecular formula is C21H16F3N3O3S. The fourth-order valence-electron chi connectivity index (χ4n) is 3.53. The number of rotatable bonds is 3. The average molecular weight is 447 g/mol. The van der Waals surface area contributed by atoms with Crippen molar-refractivity contribution in [1.82, 2.24) is 4.98 Å². The number of aromatic nitrogens is 1. The molecule has 160 valence electrons. The summed E-state index contributed by atoms with van der Waals surface area (Å²) in [5.41, 5.74) is 0.933. The van der Waals surface area contributed by atoms with Gasteiger partial charge in [-0.3, -0.25) is 4.90 Å². The summed E-state index contributed by atoms with van der Waals surface area (Å²) in [4.78, 5) is 17.9. The summed E-state index contributed by atoms with van der Waals surface area (Å²) in [5, 5.41) is 0. The number of halogens is 3. The Kier molecular flexibility index (Phi) is 4.97. The molecule has 4 rings (SSSR count). The van der Waals surface area contributed by atoms with Gasteiger partial charge in [-0.1, -0.05) is 6.07 Å². The van der Waals surface area contributed by atoms with Crippen LogP contribution >= 0.6 is 0 Å². The standard InChI is InChI=1S/C21H16F3N3O3S/c1-12-6-13(2)8-15(7-12)27-21(28)26(11-16-17(23)9-14(22)10-18(16)24)20-19(31(27,29)30)4-3-5-25-20/h3-10H,11H2,1-2H3. The third kappa shape index (κ3) is 3.52. The number of carbonyl (C=O) groups excluding carboxylic acids is 1. The minimum Gasteiger partial charge on any atom is -0.271 e. The van der Waals surface area contributed by atoms with Gasteiger partial charge in [-0.25, -0.2) is 31.4 Å². The third-order valence-corrected chi connectivity index (χ3v) is 6.51. The normalized spacial score (nSPS) is 15.2. The van der Waals surface area contributed by atoms with Crippen molar-refractivity contribution < 1.29 is 26.4 Å². The van der Waals surface area contributed by atoms with Gasteiger partial charge in [0, 0.05) is 23.9 Å². The molecule has 3 aromatic rings. The largest absolute Gasteiger partial charge is 0.344 e. The Balaban J connectivity index is 1.91. The maximum Gasteiger partial charge on any atom is 0.344 e. The van der Waals surface area contributed by atoms with E-state index in [9.17, 15) is 26.4 Å². The van der Waals surface area contributed by atoms with Gasteiger partial charge in [-0.2, -0.15) is 4.31 Å². The van der Waals surface area contributed by atoms with Crippen molar-refractivity contribution >= 4 is 27.6 Å². The highest BCUT2D eigenvalue weighted by molar-refractivity contribution is 7.94. The Hall–Kier alpha value is -3.40. The molecule has 2 amide bonds. The summed E-state index contributed by atoms with van der Waals surface area (Å²) in [6.45, 7) is 2.81. The lowest BCUT2D eigenvalue weighted by Crippen LogP contribution is -2.51. The lowest BCUT2D eigenvalue weighted by molar-refractivity contribution is 0.253. The Morgan fingerprint density at radius 2 is 1.58 bits per heavy atom. The number of nitrogens with zero attached hydrogens (tertiary/aromatic N) is 3. The molecule has 10 heteroatoms. The highest BCUT2D eigenvalue weighted by atomic mass is 32.2. The number of aryl methyl sites for hydroxylation is 2. The van der Waals surface area contributed by atoms with Crippen molar-refractivity contribution in [2.75, 3.05) is 9.21 Å². The van der Waals surface area contributed by atoms with Crippen molar-refractivity contribution in [2.45, 2.75) is 25.3 Å². The average Bonchev–Trinajstić information content (AvgIpc) is 2.66. The van der Waals surface area contributed by atoms with Gasteiger partial charge < -0.3 is 0 Å². The number of urea groups is 1. The second-order valence-electron chi connectivity index (χ2n) is 7.16. The Morgan fingerprint density at radius 3 is 2.19 bits per heavy atom. The lowest BCUT2D eigenvalue weighted by Gasteiger charge is -2.35. The Morgan fingerprint density at radius 1 is 0.968 bits per heavy atom. The van der Waals surface area contributed by atoms with Crippen LogP contribution in [-0.2, 0) is 16.6 Å². The number of pyridine rings is 1. The van der Waals surface area contributed by atoms with Gasteiger partial charge in [0.1, 0.15) is 22.3 Å². The van der Waals surface area contributed by atoms with E-state index in [4.69, 9.17) is 0 Å². The SMILES string of the molecule is Cc1cc(C)cc(N2C(=O)N(Cc3c(F)cc(F)cc3F)c3ncccc3S2(=O)=O)c1. The quantitative estimate of drug-likeness (QED) is 0.595. The van der Waals surface area contributed by atoms with Crippen LogP contribution in [0.2, 0.25) is 0 Å². The van der Waals surface area contributed by atoms with Gasteiger partial charge in [-0.15, -0.1) is 0 Å². The molecule has 0 saturated heterocycles. The first-order valence-corrected chi connectivity index (χ1v) is 10.6. The van der Waals surface area contributed by atoms with Gasteiger partial charge in [0.15, 0.2) is 5.82 Å². The number of fused-ring (bicyclic) bond motifs is 1. The number of hydrogen-bond acceptors (Lipinski definition) is 4. The summed E-state index contributed by atoms with van der Waals surface area (Å²) < 4.78 is 68.9. The van der Waals surface area contributed by atoms with E-state index < -0.39 is 45.6 Å². The van der Waals surface area contributed by atoms with Crippen LogP contribution in [0, 0.1) is 31.3 Å². The number of anilines is 2. The molecule has 1 aliphatic rings. The van der Waals surface area contributed by atoms with Crippen LogP contribution in [0.3, 0.4) is 0 Å². The van der Waals surface area contributed by atoms with E-state index in [1.807, 2.05) is 0 Å². The number of amides is 2. The second kappa shape index (κ2) is 7.38. The van der Waals surface area contributed by atoms with E-state index in [1.54, 1.807) is 19.9 Å². The van der Waals surface area contributed by atoms with Gasteiger partial charge in [-0.05, 0) is 49.2 Å². The molecule has 0 radical (unpaired) electrons. The van der Waals surface area contributed by atoms with Gasteiger partial charge >= 0.3 is 6.03 Å². The Bertz CT molecular complexity index is 1290. The highest BCUT2D eigenvalue weighted by Crippen LogP contribution is 2.37. The van der Waals surface area contributed by atoms with Crippen molar-refractivity contribution in [2.24, 2.45) is 0 Å². The van der Waals surface area contributed by atoms with E-state index in [0.29, 0.717) is 16.4 Å². The van der Waals surface area contributed by atoms with E-state index in [1.165, 1.54) is 30.5 Å². The molecule has 6 nitrogen and oxygen atoms in total. The first-order chi connectivity index (χ1) is 14.6. The van der Waals surface area contributed by atoms with E-state index in [-0.39, 0.29) is 16.4 Å². The van der Waals surface area contributed by atoms with Crippen molar-refractivity contribution in [3.05, 3.63) is 82.8 Å². The van der Waals surface area contributed by atoms with Crippen LogP contribution in [0.4, 0.5) is 29.5 Å². The molecule has 0 spiro atoms. The molecule has 1 aromatic heterocycles. The van der Waals surface area contributed by atoms with Gasteiger partial charge in [0.25, 0.3) is 10.0 Å². The van der Waals surface area contributed by atoms with E-state index in [0.717, 1.165) is 16.0 Å². The first-order valence-electron chi connectivity index (χ1n) is 9.13. The van der Waals surface area contributed by atoms with Crippen LogP contribution in [0.1, 0.15) is 16.7 Å². The molecule has 1 aliphatic heterocycles. The zero-order valence-corrected chi connectivity index (χ0v) is 17.3. The number of hydrogen-bond donors (Lipinski definition) is 0. The molecule has 2 aromatic carbocycles. The summed E-state index contributed by atoms with van der Waals surface area (Å²) in [7, 11) is -4.34. The second-order valence-corrected chi connectivity index (χ2v) is 8.91. The van der Waals surface area contributed by atoms with Gasteiger partial charge in [0.05, 0.1) is 12.2 Å². The number of carbonyl (C=O) groups is 1. The summed E-state index contributed by atoms with van der Waals surface area (Å²) in [5.74, 6) is -3.78. The molecule has 0 aliphatic carbocycles. The molecule has 31 heavy (non-hydrogen) atoms. The lowest BCUT2D eigenvalue weighted by atomic mass is 10.1. The monoisotopic (exact) mass is 447 g/mol. The van der Waals surface area contributed by atoms with Crippen molar-refractivity contribution in [3.63, 3.8) is 0 Å². The fraction of sp³-hybridized carbons (Fsp3) is 0.143. The molecule has 0 fully saturated rings. The molecular weight excluding hydrogens is 431 g/mol. The minimum absolute atomic E-state index is 0.0852. The maximum absolute atomic E-state index is 14.3. The zero-order valence-electron chi connectivity index (χ0n) is 16.4. The molecule has 0 bridgehead atoms. The third-order valence-electron chi connectivity index (χ3n) is 4.79. The molecule has 0 saturated carbocycles. The molecule has 0 N–H and O–H groups in total. The summed E-state index contributed by atoms with van der Waals surface area (Å²) in [6, 6.07) is 7.39. The predicted molar refractivity (Wildman–Crippen MR) is 108 cm³/mol. The fourth-order valence-corrected chi connectivity index (χ4v) is 5.06.